The van der Waals surface area contributed by atoms with E-state index in [1.54, 1.807) is 0 Å². The number of aromatic nitrogens is 1. The van der Waals surface area contributed by atoms with E-state index in [4.69, 9.17) is 10.3 Å². The molecule has 1 aliphatic carbocycles. The fourth-order valence-corrected chi connectivity index (χ4v) is 3.96. The minimum absolute atomic E-state index is 0.586. The standard InChI is InChI=1S/C19H27N3O/c1-3-5-13-6-8-14(9-7-13)16-12-15-10-11-17(23-4-2)19(22-20)18(15)21-16/h10-14,20-21H,3-9H2,1-2H3. The summed E-state index contributed by atoms with van der Waals surface area (Å²) in [6, 6.07) is 6.23. The largest absolute Gasteiger partial charge is 0.491 e. The van der Waals surface area contributed by atoms with Crippen LogP contribution in [0.2, 0.25) is 0 Å². The summed E-state index contributed by atoms with van der Waals surface area (Å²) in [4.78, 5) is 3.54. The molecule has 0 radical (unpaired) electrons. The lowest BCUT2D eigenvalue weighted by atomic mass is 9.79. The molecule has 0 amide bonds. The molecule has 4 heteroatoms. The molecule has 2 aromatic rings. The Bertz CT molecular complexity index is 669. The van der Waals surface area contributed by atoms with Crippen LogP contribution in [0.5, 0.6) is 5.75 Å². The minimum Gasteiger partial charge on any atom is -0.491 e. The molecule has 1 aromatic carbocycles. The van der Waals surface area contributed by atoms with Crippen LogP contribution in [0.3, 0.4) is 0 Å². The van der Waals surface area contributed by atoms with Gasteiger partial charge in [-0.05, 0) is 62.6 Å². The van der Waals surface area contributed by atoms with Crippen LogP contribution in [-0.4, -0.2) is 11.6 Å². The summed E-state index contributed by atoms with van der Waals surface area (Å²) in [5.74, 6) is 2.23. The fourth-order valence-electron chi connectivity index (χ4n) is 3.96. The Morgan fingerprint density at radius 1 is 1.22 bits per heavy atom. The van der Waals surface area contributed by atoms with E-state index in [-0.39, 0.29) is 0 Å². The topological polar surface area (TPSA) is 61.2 Å². The second-order valence-corrected chi connectivity index (χ2v) is 6.65. The Morgan fingerprint density at radius 2 is 2.00 bits per heavy atom. The molecule has 23 heavy (non-hydrogen) atoms. The van der Waals surface area contributed by atoms with E-state index in [0.717, 1.165) is 16.8 Å². The lowest BCUT2D eigenvalue weighted by molar-refractivity contribution is 0.306. The number of hydrogen-bond acceptors (Lipinski definition) is 3. The lowest BCUT2D eigenvalue weighted by Gasteiger charge is -2.27. The molecule has 0 unspecified atom stereocenters. The summed E-state index contributed by atoms with van der Waals surface area (Å²) in [5.41, 5.74) is 10.4. The maximum atomic E-state index is 7.50. The molecule has 0 atom stereocenters. The van der Waals surface area contributed by atoms with Crippen LogP contribution < -0.4 is 4.74 Å². The zero-order chi connectivity index (χ0) is 16.2. The minimum atomic E-state index is 0.586. The van der Waals surface area contributed by atoms with Gasteiger partial charge in [-0.3, -0.25) is 0 Å². The second-order valence-electron chi connectivity index (χ2n) is 6.65. The molecule has 1 aliphatic rings. The zero-order valence-electron chi connectivity index (χ0n) is 14.2. The molecule has 124 valence electrons. The van der Waals surface area contributed by atoms with E-state index in [0.29, 0.717) is 24.0 Å². The fraction of sp³-hybridized carbons (Fsp3) is 0.579. The molecule has 1 fully saturated rings. The van der Waals surface area contributed by atoms with Crippen molar-refractivity contribution in [2.45, 2.75) is 58.3 Å². The van der Waals surface area contributed by atoms with Gasteiger partial charge in [0.05, 0.1) is 12.1 Å². The smallest absolute Gasteiger partial charge is 0.151 e. The van der Waals surface area contributed by atoms with E-state index >= 15 is 0 Å². The SMILES string of the molecule is CCCC1CCC(c2cc3ccc(OCC)c(N=N)c3[nH]2)CC1. The third kappa shape index (κ3) is 3.26. The van der Waals surface area contributed by atoms with Gasteiger partial charge in [-0.15, -0.1) is 0 Å². The average Bonchev–Trinajstić information content (AvgIpc) is 3.00. The van der Waals surface area contributed by atoms with E-state index in [1.165, 1.54) is 44.2 Å². The maximum Gasteiger partial charge on any atom is 0.151 e. The van der Waals surface area contributed by atoms with E-state index in [1.807, 2.05) is 13.0 Å². The number of ether oxygens (including phenoxy) is 1. The maximum absolute atomic E-state index is 7.50. The van der Waals surface area contributed by atoms with E-state index in [2.05, 4.69) is 29.2 Å². The second kappa shape index (κ2) is 7.16. The first kappa shape index (κ1) is 16.0. The highest BCUT2D eigenvalue weighted by molar-refractivity contribution is 5.93. The van der Waals surface area contributed by atoms with Gasteiger partial charge in [0.25, 0.3) is 0 Å². The first-order valence-corrected chi connectivity index (χ1v) is 8.92. The van der Waals surface area contributed by atoms with Gasteiger partial charge in [0.2, 0.25) is 0 Å². The summed E-state index contributed by atoms with van der Waals surface area (Å²) >= 11 is 0. The first-order chi connectivity index (χ1) is 11.3. The number of H-pyrrole nitrogens is 1. The van der Waals surface area contributed by atoms with Crippen molar-refractivity contribution < 1.29 is 4.74 Å². The molecule has 1 saturated carbocycles. The Morgan fingerprint density at radius 3 is 2.65 bits per heavy atom. The Kier molecular flexibility index (Phi) is 4.99. The predicted molar refractivity (Wildman–Crippen MR) is 93.9 cm³/mol. The molecular weight excluding hydrogens is 286 g/mol. The highest BCUT2D eigenvalue weighted by Crippen LogP contribution is 2.41. The summed E-state index contributed by atoms with van der Waals surface area (Å²) in [6.07, 6.45) is 7.89. The Labute approximate surface area is 138 Å². The highest BCUT2D eigenvalue weighted by atomic mass is 16.5. The van der Waals surface area contributed by atoms with Crippen molar-refractivity contribution in [3.63, 3.8) is 0 Å². The van der Waals surface area contributed by atoms with Gasteiger partial charge >= 0.3 is 0 Å². The van der Waals surface area contributed by atoms with Crippen LogP contribution >= 0.6 is 0 Å². The van der Waals surface area contributed by atoms with Gasteiger partial charge in [-0.25, -0.2) is 5.53 Å². The van der Waals surface area contributed by atoms with Crippen molar-refractivity contribution in [3.8, 4) is 5.75 Å². The van der Waals surface area contributed by atoms with E-state index < -0.39 is 0 Å². The lowest BCUT2D eigenvalue weighted by Crippen LogP contribution is -2.13. The summed E-state index contributed by atoms with van der Waals surface area (Å²) in [6.45, 7) is 4.82. The Balaban J connectivity index is 1.84. The van der Waals surface area contributed by atoms with Gasteiger partial charge in [0.15, 0.2) is 5.69 Å². The quantitative estimate of drug-likeness (QED) is 0.604. The third-order valence-electron chi connectivity index (χ3n) is 5.15. The molecule has 3 rings (SSSR count). The summed E-state index contributed by atoms with van der Waals surface area (Å²) < 4.78 is 5.60. The molecule has 1 heterocycles. The molecule has 0 saturated heterocycles. The van der Waals surface area contributed by atoms with Gasteiger partial charge in [-0.2, -0.15) is 5.11 Å². The van der Waals surface area contributed by atoms with Crippen molar-refractivity contribution in [1.82, 2.24) is 4.98 Å². The van der Waals surface area contributed by atoms with Gasteiger partial charge < -0.3 is 9.72 Å². The van der Waals surface area contributed by atoms with Crippen molar-refractivity contribution in [1.29, 1.82) is 5.53 Å². The third-order valence-corrected chi connectivity index (χ3v) is 5.15. The number of benzene rings is 1. The summed E-state index contributed by atoms with van der Waals surface area (Å²) in [5, 5.41) is 4.84. The predicted octanol–water partition coefficient (Wildman–Crippen LogP) is 6.30. The van der Waals surface area contributed by atoms with Gasteiger partial charge in [0.1, 0.15) is 5.75 Å². The molecule has 0 spiro atoms. The van der Waals surface area contributed by atoms with Crippen LogP contribution in [0.25, 0.3) is 10.9 Å². The number of nitrogens with zero attached hydrogens (tertiary/aromatic N) is 1. The van der Waals surface area contributed by atoms with Gasteiger partial charge in [-0.1, -0.05) is 19.8 Å². The molecule has 2 N–H and O–H groups in total. The molecule has 1 aromatic heterocycles. The average molecular weight is 313 g/mol. The van der Waals surface area contributed by atoms with Crippen molar-refractivity contribution in [2.75, 3.05) is 6.61 Å². The molecule has 0 aliphatic heterocycles. The van der Waals surface area contributed by atoms with Crippen LogP contribution in [0.15, 0.2) is 23.3 Å². The number of hydrogen-bond donors (Lipinski definition) is 2. The number of fused-ring (bicyclic) bond motifs is 1. The number of aromatic amines is 1. The number of nitrogens with one attached hydrogen (secondary N) is 2. The monoisotopic (exact) mass is 313 g/mol. The van der Waals surface area contributed by atoms with Crippen LogP contribution in [0.1, 0.15) is 64.0 Å². The first-order valence-electron chi connectivity index (χ1n) is 8.92. The van der Waals surface area contributed by atoms with E-state index in [9.17, 15) is 0 Å². The van der Waals surface area contributed by atoms with Crippen LogP contribution in [-0.2, 0) is 0 Å². The van der Waals surface area contributed by atoms with Crippen LogP contribution in [0.4, 0.5) is 5.69 Å². The Hall–Kier alpha value is -1.84. The zero-order valence-corrected chi connectivity index (χ0v) is 14.2. The van der Waals surface area contributed by atoms with Crippen molar-refractivity contribution in [2.24, 2.45) is 11.0 Å². The molecule has 0 bridgehead atoms. The van der Waals surface area contributed by atoms with Gasteiger partial charge in [0, 0.05) is 11.1 Å². The molecular formula is C19H27N3O. The van der Waals surface area contributed by atoms with Crippen LogP contribution in [0, 0.1) is 11.4 Å². The van der Waals surface area contributed by atoms with Crippen molar-refractivity contribution in [3.05, 3.63) is 23.9 Å². The summed E-state index contributed by atoms with van der Waals surface area (Å²) in [7, 11) is 0. The normalized spacial score (nSPS) is 21.5. The highest BCUT2D eigenvalue weighted by Gasteiger charge is 2.23. The number of rotatable bonds is 6. The van der Waals surface area contributed by atoms with Crippen molar-refractivity contribution >= 4 is 16.6 Å². The molecule has 4 nitrogen and oxygen atoms in total.